The highest BCUT2D eigenvalue weighted by Crippen LogP contribution is 2.50. The van der Waals surface area contributed by atoms with Crippen molar-refractivity contribution >= 4 is 17.8 Å². The third kappa shape index (κ3) is 2.88. The summed E-state index contributed by atoms with van der Waals surface area (Å²) in [7, 11) is 4.28. The van der Waals surface area contributed by atoms with Crippen LogP contribution in [0.5, 0.6) is 5.88 Å². The maximum Gasteiger partial charge on any atom is 0.326 e. The number of methoxy groups -OCH3 is 2. The molecule has 2 saturated heterocycles. The highest BCUT2D eigenvalue weighted by molar-refractivity contribution is 6.09. The van der Waals surface area contributed by atoms with Crippen LogP contribution < -0.4 is 10.1 Å². The second kappa shape index (κ2) is 6.92. The molecule has 1 N–H and O–H groups in total. The predicted molar refractivity (Wildman–Crippen MR) is 95.6 cm³/mol. The van der Waals surface area contributed by atoms with Gasteiger partial charge in [0.1, 0.15) is 5.54 Å². The molecule has 2 fully saturated rings. The maximum absolute atomic E-state index is 12.9. The van der Waals surface area contributed by atoms with Crippen LogP contribution in [0.15, 0.2) is 18.3 Å². The van der Waals surface area contributed by atoms with Crippen LogP contribution in [0.4, 0.5) is 0 Å². The molecule has 4 atom stereocenters. The molecule has 2 aliphatic heterocycles. The molecule has 146 valence electrons. The van der Waals surface area contributed by atoms with Gasteiger partial charge in [-0.25, -0.2) is 4.98 Å². The minimum absolute atomic E-state index is 0.110. The number of fused-ring (bicyclic) bond motifs is 1. The van der Waals surface area contributed by atoms with E-state index in [4.69, 9.17) is 9.47 Å². The Morgan fingerprint density at radius 2 is 2.00 bits per heavy atom. The van der Waals surface area contributed by atoms with Crippen molar-refractivity contribution in [3.05, 3.63) is 23.9 Å². The summed E-state index contributed by atoms with van der Waals surface area (Å²) >= 11 is 0. The maximum atomic E-state index is 12.9. The summed E-state index contributed by atoms with van der Waals surface area (Å²) in [6.45, 7) is 3.93. The van der Waals surface area contributed by atoms with Gasteiger partial charge in [0.25, 0.3) is 0 Å². The summed E-state index contributed by atoms with van der Waals surface area (Å²) < 4.78 is 10.2. The minimum Gasteiger partial charge on any atom is -0.481 e. The Balaban J connectivity index is 2.12. The zero-order valence-electron chi connectivity index (χ0n) is 16.2. The molecular weight excluding hydrogens is 350 g/mol. The van der Waals surface area contributed by atoms with Crippen molar-refractivity contribution in [2.45, 2.75) is 31.8 Å². The van der Waals surface area contributed by atoms with Gasteiger partial charge < -0.3 is 9.47 Å². The third-order valence-electron chi connectivity index (χ3n) is 5.48. The van der Waals surface area contributed by atoms with Gasteiger partial charge in [0.2, 0.25) is 17.7 Å². The molecule has 1 aromatic heterocycles. The number of nitrogens with zero attached hydrogens (tertiary/aromatic N) is 2. The first-order valence-electron chi connectivity index (χ1n) is 8.94. The quantitative estimate of drug-likeness (QED) is 0.604. The van der Waals surface area contributed by atoms with Crippen LogP contribution in [-0.4, -0.2) is 54.5 Å². The van der Waals surface area contributed by atoms with Crippen LogP contribution in [-0.2, 0) is 19.1 Å². The number of carbonyl (C=O) groups is 3. The zero-order valence-corrected chi connectivity index (χ0v) is 16.2. The number of likely N-dealkylation sites (tertiary alicyclic amines) is 1. The van der Waals surface area contributed by atoms with Crippen LogP contribution in [0.2, 0.25) is 0 Å². The van der Waals surface area contributed by atoms with Crippen molar-refractivity contribution in [1.82, 2.24) is 15.2 Å². The van der Waals surface area contributed by atoms with Gasteiger partial charge >= 0.3 is 5.97 Å². The number of carbonyl (C=O) groups excluding carboxylic acids is 3. The van der Waals surface area contributed by atoms with E-state index in [0.29, 0.717) is 12.3 Å². The Labute approximate surface area is 158 Å². The molecule has 0 aromatic carbocycles. The average molecular weight is 375 g/mol. The number of hydrogen-bond donors (Lipinski definition) is 1. The van der Waals surface area contributed by atoms with E-state index in [9.17, 15) is 14.4 Å². The molecule has 0 spiro atoms. The van der Waals surface area contributed by atoms with Crippen molar-refractivity contribution in [1.29, 1.82) is 0 Å². The predicted octanol–water partition coefficient (Wildman–Crippen LogP) is 0.923. The first kappa shape index (κ1) is 19.3. The molecule has 8 heteroatoms. The summed E-state index contributed by atoms with van der Waals surface area (Å²) in [5.74, 6) is -2.11. The number of rotatable bonds is 5. The fourth-order valence-electron chi connectivity index (χ4n) is 4.41. The molecule has 27 heavy (non-hydrogen) atoms. The first-order valence-corrected chi connectivity index (χ1v) is 8.94. The smallest absolute Gasteiger partial charge is 0.326 e. The standard InChI is InChI=1S/C19H25N3O5/c1-10(2)8-19(18(25)27-5)14-13(16(23)22(3)17(14)24)15(21-19)11-6-7-12(26-4)20-9-11/h6-7,9-10,13-15,21H,8H2,1-5H3/t13-,14-,15-,19-/m0/s1. The van der Waals surface area contributed by atoms with Crippen LogP contribution in [0, 0.1) is 17.8 Å². The SMILES string of the molecule is COC(=O)[C@@]1(CC(C)C)N[C@@H](c2ccc(OC)nc2)[C@H]2C(=O)N(C)C(=O)[C@H]21. The van der Waals surface area contributed by atoms with E-state index in [1.807, 2.05) is 13.8 Å². The molecule has 3 heterocycles. The number of amides is 2. The molecule has 0 aliphatic carbocycles. The number of ether oxygens (including phenoxy) is 2. The molecule has 0 bridgehead atoms. The first-order chi connectivity index (χ1) is 12.8. The van der Waals surface area contributed by atoms with Crippen molar-refractivity contribution in [3.63, 3.8) is 0 Å². The van der Waals surface area contributed by atoms with Gasteiger partial charge in [0, 0.05) is 25.4 Å². The Bertz CT molecular complexity index is 763. The average Bonchev–Trinajstić information content (AvgIpc) is 3.11. The van der Waals surface area contributed by atoms with E-state index in [1.165, 1.54) is 21.3 Å². The lowest BCUT2D eigenvalue weighted by molar-refractivity contribution is -0.154. The molecule has 2 aliphatic rings. The largest absolute Gasteiger partial charge is 0.481 e. The normalized spacial score (nSPS) is 30.0. The molecule has 1 aromatic rings. The van der Waals surface area contributed by atoms with E-state index < -0.39 is 29.4 Å². The van der Waals surface area contributed by atoms with Gasteiger partial charge in [-0.1, -0.05) is 19.9 Å². The monoisotopic (exact) mass is 375 g/mol. The van der Waals surface area contributed by atoms with Crippen molar-refractivity contribution in [2.75, 3.05) is 21.3 Å². The molecule has 3 rings (SSSR count). The summed E-state index contributed by atoms with van der Waals surface area (Å²) in [6.07, 6.45) is 1.99. The van der Waals surface area contributed by atoms with Gasteiger partial charge in [-0.3, -0.25) is 24.6 Å². The number of hydrogen-bond acceptors (Lipinski definition) is 7. The second-order valence-corrected chi connectivity index (χ2v) is 7.56. The molecule has 2 amide bonds. The van der Waals surface area contributed by atoms with E-state index in [-0.39, 0.29) is 17.7 Å². The van der Waals surface area contributed by atoms with Crippen molar-refractivity contribution in [2.24, 2.45) is 17.8 Å². The lowest BCUT2D eigenvalue weighted by Crippen LogP contribution is -2.56. The van der Waals surface area contributed by atoms with Crippen LogP contribution >= 0.6 is 0 Å². The van der Waals surface area contributed by atoms with E-state index in [2.05, 4.69) is 10.3 Å². The van der Waals surface area contributed by atoms with Gasteiger partial charge in [-0.05, 0) is 17.9 Å². The Kier molecular flexibility index (Phi) is 4.94. The summed E-state index contributed by atoms with van der Waals surface area (Å²) in [6, 6.07) is 2.96. The number of pyridine rings is 1. The van der Waals surface area contributed by atoms with Crippen molar-refractivity contribution in [3.8, 4) is 5.88 Å². The summed E-state index contributed by atoms with van der Waals surface area (Å²) in [5, 5.41) is 3.30. The fourth-order valence-corrected chi connectivity index (χ4v) is 4.41. The highest BCUT2D eigenvalue weighted by Gasteiger charge is 2.68. The fraction of sp³-hybridized carbons (Fsp3) is 0.579. The Hall–Kier alpha value is -2.48. The zero-order chi connectivity index (χ0) is 19.9. The number of imide groups is 1. The molecular formula is C19H25N3O5. The molecule has 0 saturated carbocycles. The topological polar surface area (TPSA) is 97.8 Å². The molecule has 0 unspecified atom stereocenters. The number of nitrogens with one attached hydrogen (secondary N) is 1. The lowest BCUT2D eigenvalue weighted by Gasteiger charge is -2.33. The minimum atomic E-state index is -1.25. The van der Waals surface area contributed by atoms with E-state index in [0.717, 1.165) is 10.5 Å². The molecule has 8 nitrogen and oxygen atoms in total. The third-order valence-corrected chi connectivity index (χ3v) is 5.48. The number of aromatic nitrogens is 1. The van der Waals surface area contributed by atoms with Gasteiger partial charge in [-0.2, -0.15) is 0 Å². The summed E-state index contributed by atoms with van der Waals surface area (Å²) in [4.78, 5) is 43.9. The van der Waals surface area contributed by atoms with Crippen LogP contribution in [0.25, 0.3) is 0 Å². The van der Waals surface area contributed by atoms with Crippen molar-refractivity contribution < 1.29 is 23.9 Å². The van der Waals surface area contributed by atoms with Gasteiger partial charge in [-0.15, -0.1) is 0 Å². The highest BCUT2D eigenvalue weighted by atomic mass is 16.5. The van der Waals surface area contributed by atoms with Crippen LogP contribution in [0.1, 0.15) is 31.9 Å². The Morgan fingerprint density at radius 1 is 1.30 bits per heavy atom. The van der Waals surface area contributed by atoms with Gasteiger partial charge in [0.05, 0.1) is 26.1 Å². The Morgan fingerprint density at radius 3 is 2.52 bits per heavy atom. The second-order valence-electron chi connectivity index (χ2n) is 7.56. The summed E-state index contributed by atoms with van der Waals surface area (Å²) in [5.41, 5.74) is -0.535. The van der Waals surface area contributed by atoms with Crippen LogP contribution in [0.3, 0.4) is 0 Å². The van der Waals surface area contributed by atoms with E-state index >= 15 is 0 Å². The number of esters is 1. The lowest BCUT2D eigenvalue weighted by atomic mass is 9.75. The van der Waals surface area contributed by atoms with Gasteiger partial charge in [0.15, 0.2) is 0 Å². The van der Waals surface area contributed by atoms with E-state index in [1.54, 1.807) is 18.3 Å². The molecule has 0 radical (unpaired) electrons.